The number of rotatable bonds is 3. The molecule has 1 unspecified atom stereocenters. The molecule has 1 aliphatic heterocycles. The van der Waals surface area contributed by atoms with Gasteiger partial charge in [-0.05, 0) is 55.3 Å². The van der Waals surface area contributed by atoms with Crippen molar-refractivity contribution >= 4 is 34.8 Å². The molecule has 0 bridgehead atoms. The molecule has 2 amide bonds. The summed E-state index contributed by atoms with van der Waals surface area (Å²) in [4.78, 5) is 26.6. The maximum absolute atomic E-state index is 12.7. The van der Waals surface area contributed by atoms with E-state index in [4.69, 9.17) is 11.6 Å². The average molecular weight is 397 g/mol. The van der Waals surface area contributed by atoms with Gasteiger partial charge in [-0.3, -0.25) is 9.59 Å². The van der Waals surface area contributed by atoms with Crippen LogP contribution in [0, 0.1) is 12.8 Å². The Morgan fingerprint density at radius 1 is 1.19 bits per heavy atom. The summed E-state index contributed by atoms with van der Waals surface area (Å²) < 4.78 is 37.8. The standard InChI is InChI=1S/C19H16ClF3N2O2/c1-11-2-5-13(20)10-16(11)25-9-8-15(18(25)27)17(26)24-14-6-3-12(4-7-14)19(21,22)23/h2-7,10,15H,8-9H2,1H3,(H,24,26). The summed E-state index contributed by atoms with van der Waals surface area (Å²) >= 11 is 6.00. The Bertz CT molecular complexity index is 882. The molecule has 1 atom stereocenters. The van der Waals surface area contributed by atoms with E-state index in [1.807, 2.05) is 6.92 Å². The molecule has 0 aliphatic carbocycles. The van der Waals surface area contributed by atoms with Gasteiger partial charge in [0.25, 0.3) is 0 Å². The van der Waals surface area contributed by atoms with Crippen LogP contribution in [0.1, 0.15) is 17.5 Å². The van der Waals surface area contributed by atoms with Crippen molar-refractivity contribution in [2.24, 2.45) is 5.92 Å². The van der Waals surface area contributed by atoms with Crippen LogP contribution >= 0.6 is 11.6 Å². The predicted octanol–water partition coefficient (Wildman–Crippen LogP) is 4.66. The third-order valence-corrected chi connectivity index (χ3v) is 4.70. The summed E-state index contributed by atoms with van der Waals surface area (Å²) in [6.45, 7) is 2.21. The Morgan fingerprint density at radius 3 is 2.48 bits per heavy atom. The van der Waals surface area contributed by atoms with Gasteiger partial charge >= 0.3 is 6.18 Å². The number of aryl methyl sites for hydroxylation is 1. The van der Waals surface area contributed by atoms with E-state index in [1.54, 1.807) is 18.2 Å². The fraction of sp³-hybridized carbons (Fsp3) is 0.263. The molecule has 4 nitrogen and oxygen atoms in total. The number of benzene rings is 2. The molecule has 1 saturated heterocycles. The van der Waals surface area contributed by atoms with E-state index in [2.05, 4.69) is 5.32 Å². The number of halogens is 4. The second-order valence-corrected chi connectivity index (χ2v) is 6.76. The van der Waals surface area contributed by atoms with Gasteiger partial charge in [0.05, 0.1) is 5.56 Å². The number of amides is 2. The third kappa shape index (κ3) is 4.08. The predicted molar refractivity (Wildman–Crippen MR) is 96.7 cm³/mol. The molecule has 3 rings (SSSR count). The monoisotopic (exact) mass is 396 g/mol. The number of hydrogen-bond acceptors (Lipinski definition) is 2. The first-order valence-electron chi connectivity index (χ1n) is 8.22. The second kappa shape index (κ2) is 7.23. The largest absolute Gasteiger partial charge is 0.416 e. The smallest absolute Gasteiger partial charge is 0.325 e. The first-order valence-corrected chi connectivity index (χ1v) is 8.60. The molecule has 0 spiro atoms. The fourth-order valence-corrected chi connectivity index (χ4v) is 3.17. The molecule has 2 aromatic rings. The zero-order chi connectivity index (χ0) is 19.8. The van der Waals surface area contributed by atoms with Crippen molar-refractivity contribution in [1.82, 2.24) is 0 Å². The Kier molecular flexibility index (Phi) is 5.15. The van der Waals surface area contributed by atoms with Gasteiger partial charge in [0.15, 0.2) is 0 Å². The van der Waals surface area contributed by atoms with E-state index < -0.39 is 23.6 Å². The van der Waals surface area contributed by atoms with Crippen LogP contribution in [-0.4, -0.2) is 18.4 Å². The van der Waals surface area contributed by atoms with E-state index in [-0.39, 0.29) is 11.6 Å². The first kappa shape index (κ1) is 19.2. The SMILES string of the molecule is Cc1ccc(Cl)cc1N1CCC(C(=O)Nc2ccc(C(F)(F)F)cc2)C1=O. The molecule has 0 aromatic heterocycles. The third-order valence-electron chi connectivity index (χ3n) is 4.46. The number of nitrogens with one attached hydrogen (secondary N) is 1. The van der Waals surface area contributed by atoms with Gasteiger partial charge in [0.1, 0.15) is 5.92 Å². The minimum atomic E-state index is -4.45. The van der Waals surface area contributed by atoms with Crippen molar-refractivity contribution < 1.29 is 22.8 Å². The van der Waals surface area contributed by atoms with Gasteiger partial charge in [-0.1, -0.05) is 17.7 Å². The lowest BCUT2D eigenvalue weighted by Gasteiger charge is -2.19. The van der Waals surface area contributed by atoms with Crippen molar-refractivity contribution in [2.75, 3.05) is 16.8 Å². The normalized spacial score (nSPS) is 17.3. The maximum Gasteiger partial charge on any atom is 0.416 e. The number of nitrogens with zero attached hydrogens (tertiary/aromatic N) is 1. The van der Waals surface area contributed by atoms with E-state index in [0.717, 1.165) is 17.7 Å². The zero-order valence-corrected chi connectivity index (χ0v) is 15.1. The topological polar surface area (TPSA) is 49.4 Å². The van der Waals surface area contributed by atoms with Crippen molar-refractivity contribution in [1.29, 1.82) is 0 Å². The summed E-state index contributed by atoms with van der Waals surface area (Å²) in [6, 6.07) is 9.28. The highest BCUT2D eigenvalue weighted by molar-refractivity contribution is 6.31. The van der Waals surface area contributed by atoms with Crippen molar-refractivity contribution in [3.05, 3.63) is 58.6 Å². The minimum absolute atomic E-state index is 0.207. The van der Waals surface area contributed by atoms with E-state index in [1.165, 1.54) is 17.0 Å². The van der Waals surface area contributed by atoms with Crippen LogP contribution in [0.3, 0.4) is 0 Å². The summed E-state index contributed by atoms with van der Waals surface area (Å²) in [7, 11) is 0. The molecule has 1 aliphatic rings. The van der Waals surface area contributed by atoms with Gasteiger partial charge in [0, 0.05) is 22.9 Å². The van der Waals surface area contributed by atoms with E-state index in [9.17, 15) is 22.8 Å². The summed E-state index contributed by atoms with van der Waals surface area (Å²) in [5, 5.41) is 3.00. The molecular weight excluding hydrogens is 381 g/mol. The van der Waals surface area contributed by atoms with Gasteiger partial charge in [-0.2, -0.15) is 13.2 Å². The number of anilines is 2. The van der Waals surface area contributed by atoms with Crippen LogP contribution in [0.15, 0.2) is 42.5 Å². The van der Waals surface area contributed by atoms with E-state index >= 15 is 0 Å². The van der Waals surface area contributed by atoms with Crippen molar-refractivity contribution in [2.45, 2.75) is 19.5 Å². The lowest BCUT2D eigenvalue weighted by molar-refractivity contribution is -0.137. The molecule has 1 heterocycles. The van der Waals surface area contributed by atoms with Gasteiger partial charge in [0.2, 0.25) is 11.8 Å². The average Bonchev–Trinajstić information content (AvgIpc) is 2.98. The summed E-state index contributed by atoms with van der Waals surface area (Å²) in [5.41, 5.74) is 0.909. The molecule has 8 heteroatoms. The Labute approximate surface area is 158 Å². The van der Waals surface area contributed by atoms with Crippen LogP contribution < -0.4 is 10.2 Å². The molecule has 2 aromatic carbocycles. The number of alkyl halides is 3. The molecule has 142 valence electrons. The first-order chi connectivity index (χ1) is 12.7. The Balaban J connectivity index is 1.71. The minimum Gasteiger partial charge on any atom is -0.325 e. The highest BCUT2D eigenvalue weighted by Gasteiger charge is 2.38. The summed E-state index contributed by atoms with van der Waals surface area (Å²) in [5.74, 6) is -1.79. The van der Waals surface area contributed by atoms with Crippen molar-refractivity contribution in [3.63, 3.8) is 0 Å². The molecule has 1 fully saturated rings. The van der Waals surface area contributed by atoms with Crippen LogP contribution in [0.4, 0.5) is 24.5 Å². The van der Waals surface area contributed by atoms with Crippen LogP contribution in [0.25, 0.3) is 0 Å². The lowest BCUT2D eigenvalue weighted by atomic mass is 10.1. The number of hydrogen-bond donors (Lipinski definition) is 1. The van der Waals surface area contributed by atoms with Gasteiger partial charge < -0.3 is 10.2 Å². The lowest BCUT2D eigenvalue weighted by Crippen LogP contribution is -2.33. The molecule has 0 saturated carbocycles. The van der Waals surface area contributed by atoms with Crippen LogP contribution in [-0.2, 0) is 15.8 Å². The highest BCUT2D eigenvalue weighted by Crippen LogP contribution is 2.32. The molecule has 27 heavy (non-hydrogen) atoms. The number of carbonyl (C=O) groups excluding carboxylic acids is 2. The van der Waals surface area contributed by atoms with Gasteiger partial charge in [-0.25, -0.2) is 0 Å². The molecule has 1 N–H and O–H groups in total. The molecule has 0 radical (unpaired) electrons. The van der Waals surface area contributed by atoms with Crippen LogP contribution in [0.5, 0.6) is 0 Å². The fourth-order valence-electron chi connectivity index (χ4n) is 3.01. The van der Waals surface area contributed by atoms with E-state index in [0.29, 0.717) is 23.7 Å². The van der Waals surface area contributed by atoms with Crippen molar-refractivity contribution in [3.8, 4) is 0 Å². The Hall–Kier alpha value is -2.54. The summed E-state index contributed by atoms with van der Waals surface area (Å²) in [6.07, 6.45) is -4.13. The second-order valence-electron chi connectivity index (χ2n) is 6.33. The maximum atomic E-state index is 12.7. The number of carbonyl (C=O) groups is 2. The van der Waals surface area contributed by atoms with Crippen LogP contribution in [0.2, 0.25) is 5.02 Å². The Morgan fingerprint density at radius 2 is 1.85 bits per heavy atom. The quantitative estimate of drug-likeness (QED) is 0.767. The van der Waals surface area contributed by atoms with Gasteiger partial charge in [-0.15, -0.1) is 0 Å². The highest BCUT2D eigenvalue weighted by atomic mass is 35.5. The molecular formula is C19H16ClF3N2O2. The zero-order valence-electron chi connectivity index (χ0n) is 14.3.